The molecule has 0 bridgehead atoms. The lowest BCUT2D eigenvalue weighted by atomic mass is 10.1. The number of aryl methyl sites for hydroxylation is 1. The Morgan fingerprint density at radius 1 is 1.36 bits per heavy atom. The summed E-state index contributed by atoms with van der Waals surface area (Å²) >= 11 is 3.12. The van der Waals surface area contributed by atoms with E-state index in [-0.39, 0.29) is 24.3 Å². The van der Waals surface area contributed by atoms with Gasteiger partial charge < -0.3 is 18.5 Å². The first-order valence-corrected chi connectivity index (χ1v) is 8.99. The topological polar surface area (TPSA) is 70.7 Å². The second-order valence-corrected chi connectivity index (χ2v) is 6.92. The van der Waals surface area contributed by atoms with Gasteiger partial charge >= 0.3 is 5.97 Å². The van der Waals surface area contributed by atoms with Gasteiger partial charge in [0, 0.05) is 30.1 Å². The second-order valence-electron chi connectivity index (χ2n) is 6.13. The zero-order valence-electron chi connectivity index (χ0n) is 14.2. The number of furan rings is 1. The standard InChI is InChI=1S/C18H20BrNO5/c1-11-8-14(12(2)20(11)9-13-4-3-7-23-13)15(21)10-24-18(22)16-5-6-17(19)25-16/h5-6,8,13H,3-4,7,9-10H2,1-2H3/t13-/m1/s1. The second kappa shape index (κ2) is 7.58. The molecule has 1 saturated heterocycles. The minimum atomic E-state index is -0.660. The van der Waals surface area contributed by atoms with Crippen LogP contribution in [0.15, 0.2) is 27.3 Å². The average molecular weight is 410 g/mol. The zero-order chi connectivity index (χ0) is 18.0. The first kappa shape index (κ1) is 17.9. The Morgan fingerprint density at radius 3 is 2.80 bits per heavy atom. The highest BCUT2D eigenvalue weighted by atomic mass is 79.9. The van der Waals surface area contributed by atoms with Crippen LogP contribution in [0.25, 0.3) is 0 Å². The van der Waals surface area contributed by atoms with Crippen molar-refractivity contribution in [3.63, 3.8) is 0 Å². The number of carbonyl (C=O) groups is 2. The van der Waals surface area contributed by atoms with E-state index in [4.69, 9.17) is 13.9 Å². The summed E-state index contributed by atoms with van der Waals surface area (Å²) in [4.78, 5) is 24.3. The number of ether oxygens (including phenoxy) is 2. The monoisotopic (exact) mass is 409 g/mol. The predicted molar refractivity (Wildman–Crippen MR) is 93.9 cm³/mol. The van der Waals surface area contributed by atoms with Crippen molar-refractivity contribution in [3.8, 4) is 0 Å². The van der Waals surface area contributed by atoms with Crippen LogP contribution in [0.3, 0.4) is 0 Å². The summed E-state index contributed by atoms with van der Waals surface area (Å²) in [5.41, 5.74) is 2.44. The van der Waals surface area contributed by atoms with Gasteiger partial charge in [-0.25, -0.2) is 4.79 Å². The molecule has 3 heterocycles. The van der Waals surface area contributed by atoms with E-state index in [2.05, 4.69) is 20.5 Å². The fraction of sp³-hybridized carbons (Fsp3) is 0.444. The number of hydrogen-bond acceptors (Lipinski definition) is 5. The van der Waals surface area contributed by atoms with Crippen molar-refractivity contribution in [2.45, 2.75) is 39.3 Å². The van der Waals surface area contributed by atoms with E-state index in [1.54, 1.807) is 6.07 Å². The molecule has 2 aromatic rings. The number of halogens is 1. The quantitative estimate of drug-likeness (QED) is 0.537. The van der Waals surface area contributed by atoms with Crippen molar-refractivity contribution >= 4 is 27.7 Å². The smallest absolute Gasteiger partial charge is 0.374 e. The molecule has 0 amide bonds. The number of hydrogen-bond donors (Lipinski definition) is 0. The highest BCUT2D eigenvalue weighted by Crippen LogP contribution is 2.21. The van der Waals surface area contributed by atoms with Crippen LogP contribution >= 0.6 is 15.9 Å². The van der Waals surface area contributed by atoms with E-state index in [0.717, 1.165) is 37.4 Å². The van der Waals surface area contributed by atoms with Crippen LogP contribution in [0, 0.1) is 13.8 Å². The summed E-state index contributed by atoms with van der Waals surface area (Å²) < 4.78 is 18.4. The van der Waals surface area contributed by atoms with Crippen molar-refractivity contribution in [2.24, 2.45) is 0 Å². The van der Waals surface area contributed by atoms with Crippen molar-refractivity contribution in [3.05, 3.63) is 45.6 Å². The molecule has 0 N–H and O–H groups in total. The average Bonchev–Trinajstić information content (AvgIpc) is 3.30. The molecule has 0 spiro atoms. The normalized spacial score (nSPS) is 17.0. The Hall–Kier alpha value is -1.86. The van der Waals surface area contributed by atoms with Gasteiger partial charge in [-0.1, -0.05) is 0 Å². The Bertz CT molecular complexity index is 785. The van der Waals surface area contributed by atoms with E-state index < -0.39 is 5.97 Å². The lowest BCUT2D eigenvalue weighted by molar-refractivity contribution is 0.0442. The maximum Gasteiger partial charge on any atom is 0.374 e. The largest absolute Gasteiger partial charge is 0.451 e. The SMILES string of the molecule is Cc1cc(C(=O)COC(=O)c2ccc(Br)o2)c(C)n1C[C@H]1CCCO1. The molecule has 1 fully saturated rings. The number of Topliss-reactive ketones (excluding diaryl/α,β-unsaturated/α-hetero) is 1. The predicted octanol–water partition coefficient (Wildman–Crippen LogP) is 3.68. The summed E-state index contributed by atoms with van der Waals surface area (Å²) in [6.45, 7) is 5.09. The molecule has 7 heteroatoms. The summed E-state index contributed by atoms with van der Waals surface area (Å²) in [5, 5.41) is 0. The number of aromatic nitrogens is 1. The molecule has 0 radical (unpaired) electrons. The third kappa shape index (κ3) is 4.04. The van der Waals surface area contributed by atoms with Crippen molar-refractivity contribution in [1.29, 1.82) is 0 Å². The molecule has 2 aromatic heterocycles. The molecule has 1 atom stereocenters. The summed E-state index contributed by atoms with van der Waals surface area (Å²) in [7, 11) is 0. The first-order chi connectivity index (χ1) is 12.0. The van der Waals surface area contributed by atoms with Gasteiger partial charge in [0.15, 0.2) is 11.3 Å². The van der Waals surface area contributed by atoms with E-state index >= 15 is 0 Å². The molecule has 0 aromatic carbocycles. The molecule has 0 saturated carbocycles. The van der Waals surface area contributed by atoms with Crippen LogP contribution < -0.4 is 0 Å². The molecule has 6 nitrogen and oxygen atoms in total. The third-order valence-electron chi connectivity index (χ3n) is 4.39. The summed E-state index contributed by atoms with van der Waals surface area (Å²) in [6, 6.07) is 4.92. The summed E-state index contributed by atoms with van der Waals surface area (Å²) in [5.74, 6) is -0.832. The lowest BCUT2D eigenvalue weighted by Crippen LogP contribution is -2.18. The minimum absolute atomic E-state index is 0.0588. The zero-order valence-corrected chi connectivity index (χ0v) is 15.8. The Morgan fingerprint density at radius 2 is 2.16 bits per heavy atom. The van der Waals surface area contributed by atoms with Gasteiger partial charge in [-0.05, 0) is 60.8 Å². The van der Waals surface area contributed by atoms with Gasteiger partial charge in [0.2, 0.25) is 11.5 Å². The lowest BCUT2D eigenvalue weighted by Gasteiger charge is -2.14. The molecular formula is C18H20BrNO5. The first-order valence-electron chi connectivity index (χ1n) is 8.19. The maximum atomic E-state index is 12.4. The highest BCUT2D eigenvalue weighted by molar-refractivity contribution is 9.10. The van der Waals surface area contributed by atoms with E-state index in [1.807, 2.05) is 19.9 Å². The van der Waals surface area contributed by atoms with E-state index in [1.165, 1.54) is 6.07 Å². The Labute approximate surface area is 154 Å². The molecule has 1 aliphatic heterocycles. The molecular weight excluding hydrogens is 390 g/mol. The molecule has 0 unspecified atom stereocenters. The van der Waals surface area contributed by atoms with Gasteiger partial charge in [0.05, 0.1) is 6.10 Å². The van der Waals surface area contributed by atoms with Gasteiger partial charge in [-0.3, -0.25) is 4.79 Å². The molecule has 25 heavy (non-hydrogen) atoms. The van der Waals surface area contributed by atoms with Crippen LogP contribution in [0.5, 0.6) is 0 Å². The third-order valence-corrected chi connectivity index (χ3v) is 4.82. The summed E-state index contributed by atoms with van der Waals surface area (Å²) in [6.07, 6.45) is 2.31. The van der Waals surface area contributed by atoms with Gasteiger partial charge in [-0.2, -0.15) is 0 Å². The molecule has 1 aliphatic rings. The van der Waals surface area contributed by atoms with Crippen LogP contribution in [-0.4, -0.2) is 35.6 Å². The van der Waals surface area contributed by atoms with Crippen LogP contribution in [-0.2, 0) is 16.0 Å². The van der Waals surface area contributed by atoms with Crippen LogP contribution in [0.4, 0.5) is 0 Å². The number of rotatable bonds is 6. The number of ketones is 1. The highest BCUT2D eigenvalue weighted by Gasteiger charge is 2.22. The van der Waals surface area contributed by atoms with Crippen LogP contribution in [0.1, 0.15) is 45.1 Å². The number of carbonyl (C=O) groups excluding carboxylic acids is 2. The van der Waals surface area contributed by atoms with Gasteiger partial charge in [0.1, 0.15) is 0 Å². The molecule has 0 aliphatic carbocycles. The molecule has 3 rings (SSSR count). The van der Waals surface area contributed by atoms with Crippen molar-refractivity contribution < 1.29 is 23.5 Å². The fourth-order valence-corrected chi connectivity index (χ4v) is 3.37. The van der Waals surface area contributed by atoms with E-state index in [9.17, 15) is 9.59 Å². The van der Waals surface area contributed by atoms with Gasteiger partial charge in [0.25, 0.3) is 0 Å². The number of nitrogens with zero attached hydrogens (tertiary/aromatic N) is 1. The number of esters is 1. The van der Waals surface area contributed by atoms with Crippen molar-refractivity contribution in [2.75, 3.05) is 13.2 Å². The fourth-order valence-electron chi connectivity index (χ4n) is 3.06. The minimum Gasteiger partial charge on any atom is -0.451 e. The van der Waals surface area contributed by atoms with Crippen LogP contribution in [0.2, 0.25) is 0 Å². The van der Waals surface area contributed by atoms with E-state index in [0.29, 0.717) is 10.2 Å². The maximum absolute atomic E-state index is 12.4. The van der Waals surface area contributed by atoms with Crippen molar-refractivity contribution in [1.82, 2.24) is 4.57 Å². The van der Waals surface area contributed by atoms with Gasteiger partial charge in [-0.15, -0.1) is 0 Å². The Kier molecular flexibility index (Phi) is 5.44. The Balaban J connectivity index is 1.64. The molecule has 134 valence electrons.